The number of thiol groups is 1. The van der Waals surface area contributed by atoms with Crippen LogP contribution in [0.15, 0.2) is 30.3 Å². The number of rotatable bonds is 5. The maximum Gasteiger partial charge on any atom is 0.494 e. The molecule has 0 atom stereocenters. The zero-order valence-electron chi connectivity index (χ0n) is 11.7. The lowest BCUT2D eigenvalue weighted by atomic mass is 9.81. The molecule has 11 heteroatoms. The summed E-state index contributed by atoms with van der Waals surface area (Å²) >= 11 is 5.95. The van der Waals surface area contributed by atoms with Crippen LogP contribution in [0.5, 0.6) is 5.88 Å². The second kappa shape index (κ2) is 7.13. The monoisotopic (exact) mass is 360 g/mol. The van der Waals surface area contributed by atoms with Gasteiger partial charge in [0, 0.05) is 5.46 Å². The Morgan fingerprint density at radius 2 is 2.00 bits per heavy atom. The summed E-state index contributed by atoms with van der Waals surface area (Å²) < 4.78 is 42.8. The van der Waals surface area contributed by atoms with Gasteiger partial charge >= 0.3 is 7.12 Å². The van der Waals surface area contributed by atoms with Gasteiger partial charge in [-0.3, -0.25) is 0 Å². The molecular weight excluding hydrogens is 349 g/mol. The Labute approximate surface area is 138 Å². The first-order valence-electron chi connectivity index (χ1n) is 6.16. The largest absolute Gasteiger partial charge is 0.494 e. The van der Waals surface area contributed by atoms with Crippen LogP contribution >= 0.6 is 11.6 Å². The molecule has 0 fully saturated rings. The standard InChI is InChI=1S/C12H11BClFN2O5S/c1-22-12-7(13(18)19)6-9(15)11(16-12)17(23(20)21)10-5-3-2-4-8(10)14/h2-6,18-19,23H,1H3. The minimum Gasteiger partial charge on any atom is -0.481 e. The van der Waals surface area contributed by atoms with Crippen LogP contribution in [0.2, 0.25) is 5.02 Å². The Morgan fingerprint density at radius 1 is 1.35 bits per heavy atom. The van der Waals surface area contributed by atoms with Gasteiger partial charge < -0.3 is 14.8 Å². The number of methoxy groups -OCH3 is 1. The van der Waals surface area contributed by atoms with Crippen LogP contribution in [-0.4, -0.2) is 37.7 Å². The molecule has 0 unspecified atom stereocenters. The molecule has 0 aliphatic carbocycles. The van der Waals surface area contributed by atoms with Gasteiger partial charge in [0.15, 0.2) is 11.6 Å². The molecule has 0 saturated heterocycles. The van der Waals surface area contributed by atoms with Gasteiger partial charge in [-0.25, -0.2) is 17.1 Å². The quantitative estimate of drug-likeness (QED) is 0.521. The third kappa shape index (κ3) is 3.55. The summed E-state index contributed by atoms with van der Waals surface area (Å²) in [4.78, 5) is 3.72. The summed E-state index contributed by atoms with van der Waals surface area (Å²) in [6.45, 7) is 0. The van der Waals surface area contributed by atoms with E-state index in [4.69, 9.17) is 16.3 Å². The predicted molar refractivity (Wildman–Crippen MR) is 84.5 cm³/mol. The van der Waals surface area contributed by atoms with Crippen molar-refractivity contribution in [2.45, 2.75) is 0 Å². The molecule has 2 rings (SSSR count). The fourth-order valence-electron chi connectivity index (χ4n) is 1.88. The van der Waals surface area contributed by atoms with Gasteiger partial charge in [-0.15, -0.1) is 0 Å². The minimum atomic E-state index is -3.33. The summed E-state index contributed by atoms with van der Waals surface area (Å²) in [5, 5.41) is 18.4. The smallest absolute Gasteiger partial charge is 0.481 e. The first kappa shape index (κ1) is 17.5. The number of hydrogen-bond acceptors (Lipinski definition) is 6. The minimum absolute atomic E-state index is 0.00368. The topological polar surface area (TPSA) is 100.0 Å². The molecule has 2 N–H and O–H groups in total. The molecule has 1 heterocycles. The van der Waals surface area contributed by atoms with Crippen molar-refractivity contribution in [1.82, 2.24) is 4.98 Å². The van der Waals surface area contributed by atoms with Gasteiger partial charge in [-0.05, 0) is 18.2 Å². The summed E-state index contributed by atoms with van der Waals surface area (Å²) in [5.74, 6) is -2.02. The SMILES string of the molecule is COc1nc(N(c2ccccc2Cl)[SH](=O)=O)c(F)cc1B(O)O. The van der Waals surface area contributed by atoms with Crippen molar-refractivity contribution in [1.29, 1.82) is 0 Å². The maximum absolute atomic E-state index is 14.3. The fourth-order valence-corrected chi connectivity index (χ4v) is 2.80. The van der Waals surface area contributed by atoms with Crippen molar-refractivity contribution >= 4 is 46.6 Å². The predicted octanol–water partition coefficient (Wildman–Crippen LogP) is 0.227. The second-order valence-corrected chi connectivity index (χ2v) is 5.55. The average Bonchev–Trinajstić information content (AvgIpc) is 2.50. The van der Waals surface area contributed by atoms with Crippen molar-refractivity contribution in [2.75, 3.05) is 11.4 Å². The highest BCUT2D eigenvalue weighted by Crippen LogP contribution is 2.32. The second-order valence-electron chi connectivity index (χ2n) is 4.27. The third-order valence-corrected chi connectivity index (χ3v) is 3.92. The zero-order chi connectivity index (χ0) is 17.1. The Kier molecular flexibility index (Phi) is 5.42. The molecule has 122 valence electrons. The Bertz CT molecular complexity index is 797. The molecule has 0 spiro atoms. The van der Waals surface area contributed by atoms with Gasteiger partial charge in [0.2, 0.25) is 16.8 Å². The Hall–Kier alpha value is -1.88. The number of para-hydroxylation sites is 1. The number of ether oxygens (including phenoxy) is 1. The van der Waals surface area contributed by atoms with E-state index < -0.39 is 29.6 Å². The molecule has 1 aromatic heterocycles. The van der Waals surface area contributed by atoms with Crippen molar-refractivity contribution < 1.29 is 27.6 Å². The molecule has 7 nitrogen and oxygen atoms in total. The lowest BCUT2D eigenvalue weighted by Gasteiger charge is -2.20. The van der Waals surface area contributed by atoms with Gasteiger partial charge in [0.05, 0.1) is 17.8 Å². The van der Waals surface area contributed by atoms with E-state index in [2.05, 4.69) is 4.98 Å². The van der Waals surface area contributed by atoms with Gasteiger partial charge in [0.1, 0.15) is 0 Å². The van der Waals surface area contributed by atoms with Crippen molar-refractivity contribution in [3.8, 4) is 5.88 Å². The number of hydrogen-bond donors (Lipinski definition) is 3. The summed E-state index contributed by atoms with van der Waals surface area (Å²) in [6, 6.07) is 6.64. The lowest BCUT2D eigenvalue weighted by Crippen LogP contribution is -2.33. The van der Waals surface area contributed by atoms with E-state index in [-0.39, 0.29) is 22.1 Å². The number of benzene rings is 1. The molecule has 0 saturated carbocycles. The molecule has 0 radical (unpaired) electrons. The van der Waals surface area contributed by atoms with E-state index in [0.717, 1.165) is 6.07 Å². The number of halogens is 2. The van der Waals surface area contributed by atoms with Crippen LogP contribution in [0, 0.1) is 5.82 Å². The number of nitrogens with zero attached hydrogens (tertiary/aromatic N) is 2. The number of anilines is 2. The van der Waals surface area contributed by atoms with Crippen molar-refractivity contribution in [3.63, 3.8) is 0 Å². The summed E-state index contributed by atoms with van der Waals surface area (Å²) in [6.07, 6.45) is 0. The zero-order valence-corrected chi connectivity index (χ0v) is 13.3. The molecule has 0 aliphatic rings. The van der Waals surface area contributed by atoms with Gasteiger partial charge in [0.25, 0.3) is 0 Å². The maximum atomic E-state index is 14.3. The third-order valence-electron chi connectivity index (χ3n) is 2.87. The van der Waals surface area contributed by atoms with Crippen LogP contribution < -0.4 is 14.5 Å². The molecular formula is C12H11BClFN2O5S. The molecule has 0 bridgehead atoms. The first-order valence-corrected chi connectivity index (χ1v) is 7.67. The Balaban J connectivity index is 2.68. The fraction of sp³-hybridized carbons (Fsp3) is 0.0833. The number of pyridine rings is 1. The highest BCUT2D eigenvalue weighted by atomic mass is 35.5. The lowest BCUT2D eigenvalue weighted by molar-refractivity contribution is 0.389. The van der Waals surface area contributed by atoms with Crippen molar-refractivity contribution in [3.05, 3.63) is 41.2 Å². The van der Waals surface area contributed by atoms with E-state index in [1.165, 1.54) is 25.3 Å². The first-order chi connectivity index (χ1) is 10.9. The molecule has 1 aromatic carbocycles. The number of aromatic nitrogens is 1. The Morgan fingerprint density at radius 3 is 2.52 bits per heavy atom. The van der Waals surface area contributed by atoms with E-state index in [0.29, 0.717) is 4.31 Å². The van der Waals surface area contributed by atoms with E-state index in [1.54, 1.807) is 6.07 Å². The normalized spacial score (nSPS) is 10.7. The highest BCUT2D eigenvalue weighted by molar-refractivity contribution is 7.74. The van der Waals surface area contributed by atoms with Crippen LogP contribution in [0.25, 0.3) is 0 Å². The van der Waals surface area contributed by atoms with Crippen LogP contribution in [0.4, 0.5) is 15.9 Å². The van der Waals surface area contributed by atoms with Crippen LogP contribution in [0.3, 0.4) is 0 Å². The summed E-state index contributed by atoms with van der Waals surface area (Å²) in [7, 11) is -4.18. The van der Waals surface area contributed by atoms with E-state index in [1.807, 2.05) is 0 Å². The molecule has 2 aromatic rings. The van der Waals surface area contributed by atoms with E-state index >= 15 is 0 Å². The van der Waals surface area contributed by atoms with Crippen LogP contribution in [-0.2, 0) is 10.9 Å². The highest BCUT2D eigenvalue weighted by Gasteiger charge is 2.26. The van der Waals surface area contributed by atoms with Gasteiger partial charge in [-0.1, -0.05) is 23.7 Å². The van der Waals surface area contributed by atoms with Crippen LogP contribution in [0.1, 0.15) is 0 Å². The van der Waals surface area contributed by atoms with E-state index in [9.17, 15) is 22.9 Å². The molecule has 0 aliphatic heterocycles. The van der Waals surface area contributed by atoms with Gasteiger partial charge in [-0.2, -0.15) is 4.98 Å². The average molecular weight is 361 g/mol. The molecule has 0 amide bonds. The van der Waals surface area contributed by atoms with Crippen molar-refractivity contribution in [2.24, 2.45) is 0 Å². The summed E-state index contributed by atoms with van der Waals surface area (Å²) in [5.41, 5.74) is -0.343. The molecule has 23 heavy (non-hydrogen) atoms.